The van der Waals surface area contributed by atoms with Gasteiger partial charge in [-0.2, -0.15) is 0 Å². The lowest BCUT2D eigenvalue weighted by molar-refractivity contribution is 0.574. The summed E-state index contributed by atoms with van der Waals surface area (Å²) in [6, 6.07) is 16.4. The first-order valence-electron chi connectivity index (χ1n) is 8.19. The molecule has 0 spiro atoms. The van der Waals surface area contributed by atoms with Gasteiger partial charge in [-0.05, 0) is 60.4 Å². The Kier molecular flexibility index (Phi) is 4.40. The molecule has 1 aliphatic carbocycles. The van der Waals surface area contributed by atoms with Gasteiger partial charge in [0, 0.05) is 12.6 Å². The highest BCUT2D eigenvalue weighted by molar-refractivity contribution is 5.36. The van der Waals surface area contributed by atoms with Gasteiger partial charge in [0.25, 0.3) is 0 Å². The van der Waals surface area contributed by atoms with Crippen LogP contribution in [0, 0.1) is 0 Å². The molecule has 0 fully saturated rings. The van der Waals surface area contributed by atoms with Crippen LogP contribution >= 0.6 is 0 Å². The first-order chi connectivity index (χ1) is 10.3. The molecule has 3 rings (SSSR count). The molecule has 1 atom stereocenters. The Morgan fingerprint density at radius 2 is 1.67 bits per heavy atom. The summed E-state index contributed by atoms with van der Waals surface area (Å²) in [4.78, 5) is 0. The zero-order valence-corrected chi connectivity index (χ0v) is 13.2. The van der Waals surface area contributed by atoms with Crippen molar-refractivity contribution in [1.29, 1.82) is 0 Å². The highest BCUT2D eigenvalue weighted by Gasteiger charge is 2.13. The summed E-state index contributed by atoms with van der Waals surface area (Å²) in [5, 5.41) is 3.64. The number of benzene rings is 2. The molecule has 0 radical (unpaired) electrons. The second-order valence-corrected chi connectivity index (χ2v) is 6.15. The maximum absolute atomic E-state index is 3.64. The van der Waals surface area contributed by atoms with Crippen molar-refractivity contribution in [2.45, 2.75) is 52.1 Å². The van der Waals surface area contributed by atoms with E-state index in [0.717, 1.165) is 13.0 Å². The van der Waals surface area contributed by atoms with E-state index in [-0.39, 0.29) is 0 Å². The zero-order chi connectivity index (χ0) is 14.7. The van der Waals surface area contributed by atoms with E-state index >= 15 is 0 Å². The molecule has 1 nitrogen and oxygen atoms in total. The Morgan fingerprint density at radius 1 is 0.952 bits per heavy atom. The molecule has 21 heavy (non-hydrogen) atoms. The van der Waals surface area contributed by atoms with Crippen LogP contribution in [0.2, 0.25) is 0 Å². The third-order valence-electron chi connectivity index (χ3n) is 4.67. The SMILES string of the molecule is CCc1ccc(CNC(C)c2ccc3c(c2)CCC3)cc1. The van der Waals surface area contributed by atoms with Gasteiger partial charge in [-0.1, -0.05) is 49.4 Å². The van der Waals surface area contributed by atoms with Crippen LogP contribution in [0.4, 0.5) is 0 Å². The van der Waals surface area contributed by atoms with Crippen molar-refractivity contribution in [1.82, 2.24) is 5.32 Å². The van der Waals surface area contributed by atoms with Crippen molar-refractivity contribution in [2.75, 3.05) is 0 Å². The van der Waals surface area contributed by atoms with Gasteiger partial charge in [0.15, 0.2) is 0 Å². The van der Waals surface area contributed by atoms with Gasteiger partial charge in [-0.3, -0.25) is 0 Å². The minimum atomic E-state index is 0.404. The standard InChI is InChI=1S/C20H25N/c1-3-16-7-9-17(10-8-16)14-21-15(2)19-12-11-18-5-4-6-20(18)13-19/h7-13,15,21H,3-6,14H2,1-2H3. The molecule has 1 aliphatic rings. The summed E-state index contributed by atoms with van der Waals surface area (Å²) in [6.07, 6.45) is 4.96. The van der Waals surface area contributed by atoms with E-state index in [0.29, 0.717) is 6.04 Å². The number of rotatable bonds is 5. The summed E-state index contributed by atoms with van der Waals surface area (Å²) in [5.74, 6) is 0. The lowest BCUT2D eigenvalue weighted by Crippen LogP contribution is -2.18. The van der Waals surface area contributed by atoms with Crippen molar-refractivity contribution in [2.24, 2.45) is 0 Å². The van der Waals surface area contributed by atoms with Crippen LogP contribution in [0.15, 0.2) is 42.5 Å². The van der Waals surface area contributed by atoms with E-state index in [1.807, 2.05) is 0 Å². The van der Waals surface area contributed by atoms with Gasteiger partial charge in [0.05, 0.1) is 0 Å². The Bertz CT molecular complexity index is 598. The summed E-state index contributed by atoms with van der Waals surface area (Å²) in [7, 11) is 0. The number of hydrogen-bond donors (Lipinski definition) is 1. The van der Waals surface area contributed by atoms with Crippen LogP contribution in [0.3, 0.4) is 0 Å². The fourth-order valence-electron chi connectivity index (χ4n) is 3.14. The first-order valence-corrected chi connectivity index (χ1v) is 8.19. The number of nitrogens with one attached hydrogen (secondary N) is 1. The largest absolute Gasteiger partial charge is 0.306 e. The molecule has 0 aromatic heterocycles. The Morgan fingerprint density at radius 3 is 2.43 bits per heavy atom. The fourth-order valence-corrected chi connectivity index (χ4v) is 3.14. The van der Waals surface area contributed by atoms with Gasteiger partial charge < -0.3 is 5.32 Å². The van der Waals surface area contributed by atoms with Crippen LogP contribution in [-0.2, 0) is 25.8 Å². The van der Waals surface area contributed by atoms with Crippen molar-refractivity contribution < 1.29 is 0 Å². The molecule has 0 saturated heterocycles. The highest BCUT2D eigenvalue weighted by atomic mass is 14.9. The second kappa shape index (κ2) is 6.44. The van der Waals surface area contributed by atoms with E-state index in [1.54, 1.807) is 11.1 Å². The number of fused-ring (bicyclic) bond motifs is 1. The molecule has 1 unspecified atom stereocenters. The first kappa shape index (κ1) is 14.3. The molecule has 0 bridgehead atoms. The lowest BCUT2D eigenvalue weighted by Gasteiger charge is -2.16. The molecule has 2 aromatic rings. The third-order valence-corrected chi connectivity index (χ3v) is 4.67. The van der Waals surface area contributed by atoms with Gasteiger partial charge in [0.2, 0.25) is 0 Å². The molecule has 0 heterocycles. The molecule has 0 aliphatic heterocycles. The van der Waals surface area contributed by atoms with Gasteiger partial charge in [-0.25, -0.2) is 0 Å². The van der Waals surface area contributed by atoms with Crippen LogP contribution in [0.25, 0.3) is 0 Å². The smallest absolute Gasteiger partial charge is 0.0295 e. The zero-order valence-electron chi connectivity index (χ0n) is 13.2. The molecule has 1 N–H and O–H groups in total. The second-order valence-electron chi connectivity index (χ2n) is 6.15. The van der Waals surface area contributed by atoms with Gasteiger partial charge >= 0.3 is 0 Å². The number of aryl methyl sites for hydroxylation is 3. The molecular formula is C20H25N. The molecule has 110 valence electrons. The lowest BCUT2D eigenvalue weighted by atomic mass is 10.0. The monoisotopic (exact) mass is 279 g/mol. The predicted molar refractivity (Wildman–Crippen MR) is 89.5 cm³/mol. The van der Waals surface area contributed by atoms with E-state index < -0.39 is 0 Å². The maximum atomic E-state index is 3.64. The average molecular weight is 279 g/mol. The topological polar surface area (TPSA) is 12.0 Å². The fraction of sp³-hybridized carbons (Fsp3) is 0.400. The highest BCUT2D eigenvalue weighted by Crippen LogP contribution is 2.25. The Labute approximate surface area is 128 Å². The summed E-state index contributed by atoms with van der Waals surface area (Å²) in [6.45, 7) is 5.39. The molecule has 0 amide bonds. The van der Waals surface area contributed by atoms with Gasteiger partial charge in [0.1, 0.15) is 0 Å². The van der Waals surface area contributed by atoms with E-state index in [2.05, 4.69) is 61.6 Å². The molecule has 1 heteroatoms. The van der Waals surface area contributed by atoms with Crippen molar-refractivity contribution in [3.63, 3.8) is 0 Å². The Balaban J connectivity index is 1.61. The third kappa shape index (κ3) is 3.36. The van der Waals surface area contributed by atoms with Crippen LogP contribution in [-0.4, -0.2) is 0 Å². The average Bonchev–Trinajstić information content (AvgIpc) is 3.00. The summed E-state index contributed by atoms with van der Waals surface area (Å²) in [5.41, 5.74) is 7.31. The molecule has 2 aromatic carbocycles. The quantitative estimate of drug-likeness (QED) is 0.844. The van der Waals surface area contributed by atoms with E-state index in [9.17, 15) is 0 Å². The van der Waals surface area contributed by atoms with E-state index in [4.69, 9.17) is 0 Å². The normalized spacial score (nSPS) is 15.0. The minimum Gasteiger partial charge on any atom is -0.306 e. The number of hydrogen-bond acceptors (Lipinski definition) is 1. The van der Waals surface area contributed by atoms with Crippen molar-refractivity contribution >= 4 is 0 Å². The van der Waals surface area contributed by atoms with Crippen molar-refractivity contribution in [3.8, 4) is 0 Å². The van der Waals surface area contributed by atoms with Crippen LogP contribution < -0.4 is 5.32 Å². The summed E-state index contributed by atoms with van der Waals surface area (Å²) >= 11 is 0. The molecule has 0 saturated carbocycles. The van der Waals surface area contributed by atoms with Gasteiger partial charge in [-0.15, -0.1) is 0 Å². The van der Waals surface area contributed by atoms with Crippen LogP contribution in [0.5, 0.6) is 0 Å². The molecular weight excluding hydrogens is 254 g/mol. The minimum absolute atomic E-state index is 0.404. The summed E-state index contributed by atoms with van der Waals surface area (Å²) < 4.78 is 0. The van der Waals surface area contributed by atoms with Crippen LogP contribution in [0.1, 0.15) is 54.1 Å². The van der Waals surface area contributed by atoms with E-state index in [1.165, 1.54) is 36.0 Å². The maximum Gasteiger partial charge on any atom is 0.0295 e. The Hall–Kier alpha value is -1.60. The van der Waals surface area contributed by atoms with Crippen molar-refractivity contribution in [3.05, 3.63) is 70.3 Å². The predicted octanol–water partition coefficient (Wildman–Crippen LogP) is 4.59.